The summed E-state index contributed by atoms with van der Waals surface area (Å²) in [6, 6.07) is 0. The zero-order valence-electron chi connectivity index (χ0n) is 39.3. The highest BCUT2D eigenvalue weighted by Gasteiger charge is 2.28. The van der Waals surface area contributed by atoms with Gasteiger partial charge in [-0.25, -0.2) is 9.13 Å². The van der Waals surface area contributed by atoms with Crippen LogP contribution in [0.5, 0.6) is 0 Å². The van der Waals surface area contributed by atoms with Crippen LogP contribution in [0.3, 0.4) is 0 Å². The molecule has 0 aromatic heterocycles. The van der Waals surface area contributed by atoms with E-state index in [1.807, 2.05) is 79.0 Å². The molecule has 0 rings (SSSR count). The number of carbonyl (C=O) groups is 2. The average molecular weight is 971 g/mol. The fraction of sp³-hybridized carbons (Fsp3) is 0.592. The van der Waals surface area contributed by atoms with Gasteiger partial charge in [-0.1, -0.05) is 168 Å². The summed E-state index contributed by atoms with van der Waals surface area (Å²) in [5, 5.41) is 30.0. The van der Waals surface area contributed by atoms with Crippen LogP contribution >= 0.6 is 15.6 Å². The Bertz CT molecular complexity index is 1600. The van der Waals surface area contributed by atoms with E-state index >= 15 is 0 Å². The Morgan fingerprint density at radius 3 is 1.08 bits per heavy atom. The van der Waals surface area contributed by atoms with Crippen molar-refractivity contribution in [1.82, 2.24) is 0 Å². The van der Waals surface area contributed by atoms with Crippen molar-refractivity contribution < 1.29 is 71.4 Å². The number of carbonyl (C=O) groups excluding carboxylic acids is 2. The lowest BCUT2D eigenvalue weighted by molar-refractivity contribution is -0.148. The molecule has 5 atom stereocenters. The number of ether oxygens (including phenoxy) is 2. The number of aliphatic hydroxyl groups is 3. The third kappa shape index (κ3) is 45.8. The molecule has 0 aliphatic rings. The van der Waals surface area contributed by atoms with E-state index in [0.717, 1.165) is 70.6 Å². The number of esters is 2. The summed E-state index contributed by atoms with van der Waals surface area (Å²) >= 11 is 0. The van der Waals surface area contributed by atoms with Crippen molar-refractivity contribution >= 4 is 27.6 Å². The van der Waals surface area contributed by atoms with Crippen LogP contribution in [0.2, 0.25) is 0 Å². The summed E-state index contributed by atoms with van der Waals surface area (Å²) in [5.74, 6) is -1.06. The highest BCUT2D eigenvalue weighted by Crippen LogP contribution is 2.45. The van der Waals surface area contributed by atoms with Crippen LogP contribution in [-0.2, 0) is 46.3 Å². The fourth-order valence-corrected chi connectivity index (χ4v) is 6.89. The Hall–Kier alpha value is -3.30. The molecule has 0 heterocycles. The Morgan fingerprint density at radius 1 is 0.409 bits per heavy atom. The van der Waals surface area contributed by atoms with Crippen molar-refractivity contribution in [3.63, 3.8) is 0 Å². The maximum Gasteiger partial charge on any atom is 0.472 e. The highest BCUT2D eigenvalue weighted by molar-refractivity contribution is 7.47. The van der Waals surface area contributed by atoms with Crippen molar-refractivity contribution in [1.29, 1.82) is 0 Å². The second-order valence-corrected chi connectivity index (χ2v) is 18.2. The van der Waals surface area contributed by atoms with Gasteiger partial charge in [0.05, 0.1) is 26.4 Å². The van der Waals surface area contributed by atoms with Crippen LogP contribution in [0, 0.1) is 0 Å². The standard InChI is InChI=1S/C49H80O15P2/c1-3-5-7-9-11-13-15-17-19-20-21-22-24-26-28-30-32-34-36-38-49(54)60-40-46(51)42-62-66(57,58)64-44-47(52)43-63-65(55,56)61-41-45(50)39-59-48(53)37-35-33-31-29-27-25-23-18-16-14-12-10-8-6-4-2/h5,7,9,11-22,24,26,28,45-47,50-52H,3-4,6,8,10,23,25,27,29-44H2,1-2H3,(H,55,56)(H,57,58)/b7-5+,11-9+,14-12+,15-13-,18-16+,19-17+,21-20+,24-22+,28-26+. The molecule has 0 aliphatic carbocycles. The van der Waals surface area contributed by atoms with Gasteiger partial charge >= 0.3 is 27.6 Å². The second kappa shape index (κ2) is 44.2. The first kappa shape index (κ1) is 62.7. The van der Waals surface area contributed by atoms with Crippen molar-refractivity contribution in [3.05, 3.63) is 109 Å². The van der Waals surface area contributed by atoms with Crippen LogP contribution < -0.4 is 0 Å². The first-order valence-corrected chi connectivity index (χ1v) is 26.3. The van der Waals surface area contributed by atoms with E-state index in [1.165, 1.54) is 19.3 Å². The van der Waals surface area contributed by atoms with Gasteiger partial charge in [0, 0.05) is 12.8 Å². The van der Waals surface area contributed by atoms with E-state index in [1.54, 1.807) is 0 Å². The Kier molecular flexibility index (Phi) is 42.0. The van der Waals surface area contributed by atoms with E-state index in [0.29, 0.717) is 12.8 Å². The lowest BCUT2D eigenvalue weighted by Crippen LogP contribution is -2.25. The van der Waals surface area contributed by atoms with E-state index < -0.39 is 85.5 Å². The van der Waals surface area contributed by atoms with Crippen LogP contribution in [0.1, 0.15) is 129 Å². The number of phosphoric ester groups is 2. The summed E-state index contributed by atoms with van der Waals surface area (Å²) < 4.78 is 52.9. The fourth-order valence-electron chi connectivity index (χ4n) is 5.30. The number of allylic oxidation sites excluding steroid dienone is 18. The summed E-state index contributed by atoms with van der Waals surface area (Å²) in [5.41, 5.74) is 0. The minimum absolute atomic E-state index is 0.137. The Morgan fingerprint density at radius 2 is 0.697 bits per heavy atom. The molecule has 376 valence electrons. The summed E-state index contributed by atoms with van der Waals surface area (Å²) in [7, 11) is -9.60. The van der Waals surface area contributed by atoms with Gasteiger partial charge < -0.3 is 34.6 Å². The third-order valence-electron chi connectivity index (χ3n) is 8.93. The lowest BCUT2D eigenvalue weighted by atomic mass is 10.1. The summed E-state index contributed by atoms with van der Waals surface area (Å²) in [4.78, 5) is 43.7. The van der Waals surface area contributed by atoms with Gasteiger partial charge in [-0.05, 0) is 57.8 Å². The molecule has 0 fully saturated rings. The van der Waals surface area contributed by atoms with E-state index in [2.05, 4.69) is 62.3 Å². The molecule has 0 spiro atoms. The first-order chi connectivity index (χ1) is 31.8. The van der Waals surface area contributed by atoms with Gasteiger partial charge in [-0.15, -0.1) is 0 Å². The number of aliphatic hydroxyl groups excluding tert-OH is 3. The predicted octanol–water partition coefficient (Wildman–Crippen LogP) is 10.5. The van der Waals surface area contributed by atoms with Crippen molar-refractivity contribution in [2.24, 2.45) is 0 Å². The molecule has 0 amide bonds. The van der Waals surface area contributed by atoms with Crippen molar-refractivity contribution in [2.45, 2.75) is 148 Å². The van der Waals surface area contributed by atoms with Crippen LogP contribution in [0.4, 0.5) is 0 Å². The predicted molar refractivity (Wildman–Crippen MR) is 260 cm³/mol. The third-order valence-corrected chi connectivity index (χ3v) is 10.8. The maximum absolute atomic E-state index is 12.2. The molecule has 0 aromatic carbocycles. The van der Waals surface area contributed by atoms with E-state index in [4.69, 9.17) is 9.47 Å². The summed E-state index contributed by atoms with van der Waals surface area (Å²) in [6.07, 6.45) is 47.8. The minimum Gasteiger partial charge on any atom is -0.463 e. The number of phosphoric acid groups is 2. The van der Waals surface area contributed by atoms with E-state index in [-0.39, 0.29) is 12.8 Å². The van der Waals surface area contributed by atoms with Gasteiger partial charge in [0.15, 0.2) is 0 Å². The van der Waals surface area contributed by atoms with Crippen molar-refractivity contribution in [3.8, 4) is 0 Å². The molecule has 17 heteroatoms. The number of rotatable bonds is 43. The maximum atomic E-state index is 12.2. The molecule has 5 N–H and O–H groups in total. The molecule has 0 saturated heterocycles. The smallest absolute Gasteiger partial charge is 0.463 e. The Labute approximate surface area is 394 Å². The van der Waals surface area contributed by atoms with Gasteiger partial charge in [-0.3, -0.25) is 27.7 Å². The molecule has 0 saturated carbocycles. The molecule has 0 aliphatic heterocycles. The van der Waals surface area contributed by atoms with Crippen LogP contribution in [0.15, 0.2) is 109 Å². The van der Waals surface area contributed by atoms with Gasteiger partial charge in [0.25, 0.3) is 0 Å². The van der Waals surface area contributed by atoms with Gasteiger partial charge in [0.1, 0.15) is 31.5 Å². The van der Waals surface area contributed by atoms with Gasteiger partial charge in [-0.2, -0.15) is 0 Å². The van der Waals surface area contributed by atoms with Crippen LogP contribution in [-0.4, -0.2) is 95.0 Å². The molecule has 0 aromatic rings. The zero-order chi connectivity index (χ0) is 48.8. The molecule has 5 unspecified atom stereocenters. The quantitative estimate of drug-likeness (QED) is 0.0166. The molecular formula is C49H80O15P2. The number of hydrogen-bond acceptors (Lipinski definition) is 13. The van der Waals surface area contributed by atoms with E-state index in [9.17, 15) is 43.8 Å². The first-order valence-electron chi connectivity index (χ1n) is 23.4. The monoisotopic (exact) mass is 970 g/mol. The molecule has 0 bridgehead atoms. The molecule has 15 nitrogen and oxygen atoms in total. The number of unbranched alkanes of at least 4 members (excludes halogenated alkanes) is 12. The topological polar surface area (TPSA) is 225 Å². The second-order valence-electron chi connectivity index (χ2n) is 15.2. The zero-order valence-corrected chi connectivity index (χ0v) is 41.1. The Balaban J connectivity index is 4.00. The van der Waals surface area contributed by atoms with Crippen molar-refractivity contribution in [2.75, 3.05) is 39.6 Å². The van der Waals surface area contributed by atoms with Gasteiger partial charge in [0.2, 0.25) is 0 Å². The molecular weight excluding hydrogens is 890 g/mol. The lowest BCUT2D eigenvalue weighted by Gasteiger charge is -2.19. The van der Waals surface area contributed by atoms with Crippen LogP contribution in [0.25, 0.3) is 0 Å². The molecule has 0 radical (unpaired) electrons. The normalized spacial score (nSPS) is 16.0. The highest BCUT2D eigenvalue weighted by atomic mass is 31.2. The summed E-state index contributed by atoms with van der Waals surface area (Å²) in [6.45, 7) is 0.134. The average Bonchev–Trinajstić information content (AvgIpc) is 3.29. The molecule has 66 heavy (non-hydrogen) atoms. The SMILES string of the molecule is CC/C=C/C=C/C=C\C=C\C=C\C=C\C=C\CCCCCC(=O)OCC(O)COP(=O)(O)OCC(O)COP(=O)(O)OCC(O)COC(=O)CCCCCCCC/C=C/C=C/CCCCC. The minimum atomic E-state index is -4.81. The number of hydrogen-bond donors (Lipinski definition) is 5. The largest absolute Gasteiger partial charge is 0.472 e.